The second-order valence-corrected chi connectivity index (χ2v) is 15.1. The Kier molecular flexibility index (Phi) is 6.63. The molecule has 274 valence electrons. The third-order valence-corrected chi connectivity index (χ3v) is 11.7. The van der Waals surface area contributed by atoms with Crippen LogP contribution in [0.1, 0.15) is 0 Å². The number of para-hydroxylation sites is 2. The first kappa shape index (κ1) is 32.0. The van der Waals surface area contributed by atoms with E-state index in [-0.39, 0.29) is 0 Å². The molecule has 0 aliphatic rings. The molecule has 0 atom stereocenters. The lowest BCUT2D eigenvalue weighted by Gasteiger charge is -2.10. The Bertz CT molecular complexity index is 3870. The third kappa shape index (κ3) is 4.84. The maximum Gasteiger partial charge on any atom is 0.164 e. The molecule has 0 unspecified atom stereocenters. The standard InChI is InChI=1S/C53H29N3O3/c1-2-12-31-27-34(26-25-30(31)11-1)51-54-52(39-19-9-23-44-48(39)37-15-5-6-21-42(37)57-44)56-53(55-51)40-20-10-24-45-49(40)38-18-7-17-36(50(38)59-45)35-16-8-22-43-47(35)41-28-32-13-3-4-14-33(32)29-46(41)58-43/h1-29H. The predicted molar refractivity (Wildman–Crippen MR) is 238 cm³/mol. The fourth-order valence-electron chi connectivity index (χ4n) is 9.02. The lowest BCUT2D eigenvalue weighted by Crippen LogP contribution is -2.00. The molecule has 0 aliphatic heterocycles. The average Bonchev–Trinajstić information content (AvgIpc) is 3.99. The van der Waals surface area contributed by atoms with E-state index in [0.29, 0.717) is 17.5 Å². The highest BCUT2D eigenvalue weighted by Crippen LogP contribution is 2.45. The van der Waals surface area contributed by atoms with Gasteiger partial charge in [-0.05, 0) is 69.6 Å². The molecule has 0 N–H and O–H groups in total. The van der Waals surface area contributed by atoms with Crippen LogP contribution in [0.15, 0.2) is 189 Å². The number of hydrogen-bond acceptors (Lipinski definition) is 6. The van der Waals surface area contributed by atoms with E-state index >= 15 is 0 Å². The molecule has 6 nitrogen and oxygen atoms in total. The van der Waals surface area contributed by atoms with Crippen LogP contribution in [-0.2, 0) is 0 Å². The molecule has 4 heterocycles. The van der Waals surface area contributed by atoms with Gasteiger partial charge in [-0.2, -0.15) is 0 Å². The maximum atomic E-state index is 6.87. The van der Waals surface area contributed by atoms with Crippen LogP contribution in [-0.4, -0.2) is 15.0 Å². The summed E-state index contributed by atoms with van der Waals surface area (Å²) in [7, 11) is 0. The van der Waals surface area contributed by atoms with E-state index in [2.05, 4.69) is 127 Å². The molecular weight excluding hydrogens is 727 g/mol. The summed E-state index contributed by atoms with van der Waals surface area (Å²) in [4.78, 5) is 15.7. The zero-order valence-corrected chi connectivity index (χ0v) is 31.3. The molecule has 6 heteroatoms. The molecule has 13 rings (SSSR count). The largest absolute Gasteiger partial charge is 0.456 e. The van der Waals surface area contributed by atoms with Crippen LogP contribution in [0, 0.1) is 0 Å². The van der Waals surface area contributed by atoms with Gasteiger partial charge in [0.05, 0.1) is 0 Å². The first-order valence-electron chi connectivity index (χ1n) is 19.7. The molecule has 59 heavy (non-hydrogen) atoms. The number of fused-ring (bicyclic) bond motifs is 11. The van der Waals surface area contributed by atoms with Crippen LogP contribution < -0.4 is 0 Å². The van der Waals surface area contributed by atoms with Crippen molar-refractivity contribution in [2.24, 2.45) is 0 Å². The van der Waals surface area contributed by atoms with Gasteiger partial charge < -0.3 is 13.3 Å². The van der Waals surface area contributed by atoms with Gasteiger partial charge in [-0.1, -0.05) is 133 Å². The van der Waals surface area contributed by atoms with E-state index in [4.69, 9.17) is 28.2 Å². The Balaban J connectivity index is 1.06. The first-order chi connectivity index (χ1) is 29.2. The second kappa shape index (κ2) is 12.2. The Labute approximate surface area is 335 Å². The summed E-state index contributed by atoms with van der Waals surface area (Å²) < 4.78 is 19.7. The Morgan fingerprint density at radius 2 is 0.797 bits per heavy atom. The molecule has 0 radical (unpaired) electrons. The topological polar surface area (TPSA) is 78.1 Å². The minimum Gasteiger partial charge on any atom is -0.456 e. The molecule has 0 bridgehead atoms. The molecule has 13 aromatic rings. The lowest BCUT2D eigenvalue weighted by molar-refractivity contribution is 0.668. The van der Waals surface area contributed by atoms with E-state index in [1.165, 1.54) is 5.39 Å². The number of rotatable bonds is 4. The Morgan fingerprint density at radius 1 is 0.288 bits per heavy atom. The highest BCUT2D eigenvalue weighted by atomic mass is 16.3. The van der Waals surface area contributed by atoms with Crippen molar-refractivity contribution in [1.82, 2.24) is 15.0 Å². The molecule has 0 saturated heterocycles. The minimum atomic E-state index is 0.552. The van der Waals surface area contributed by atoms with Crippen molar-refractivity contribution < 1.29 is 13.3 Å². The number of nitrogens with zero attached hydrogens (tertiary/aromatic N) is 3. The van der Waals surface area contributed by atoms with Crippen LogP contribution in [0.4, 0.5) is 0 Å². The third-order valence-electron chi connectivity index (χ3n) is 11.7. The highest BCUT2D eigenvalue weighted by Gasteiger charge is 2.23. The van der Waals surface area contributed by atoms with Gasteiger partial charge in [0.2, 0.25) is 0 Å². The maximum absolute atomic E-state index is 6.87. The fourth-order valence-corrected chi connectivity index (χ4v) is 9.02. The van der Waals surface area contributed by atoms with E-state index in [0.717, 1.165) is 110 Å². The van der Waals surface area contributed by atoms with Crippen molar-refractivity contribution in [3.05, 3.63) is 176 Å². The van der Waals surface area contributed by atoms with Gasteiger partial charge in [0.25, 0.3) is 0 Å². The summed E-state index contributed by atoms with van der Waals surface area (Å²) >= 11 is 0. The zero-order chi connectivity index (χ0) is 38.6. The van der Waals surface area contributed by atoms with Gasteiger partial charge in [0, 0.05) is 54.6 Å². The van der Waals surface area contributed by atoms with Crippen molar-refractivity contribution in [3.8, 4) is 45.3 Å². The van der Waals surface area contributed by atoms with Gasteiger partial charge in [-0.15, -0.1) is 0 Å². The number of benzene rings is 9. The zero-order valence-electron chi connectivity index (χ0n) is 31.3. The fraction of sp³-hybridized carbons (Fsp3) is 0. The molecule has 9 aromatic carbocycles. The summed E-state index contributed by atoms with van der Waals surface area (Å²) in [5.74, 6) is 1.69. The Hall–Kier alpha value is -8.09. The van der Waals surface area contributed by atoms with Gasteiger partial charge in [-0.25, -0.2) is 15.0 Å². The van der Waals surface area contributed by atoms with Crippen LogP contribution in [0.25, 0.3) is 133 Å². The normalized spacial score (nSPS) is 12.1. The van der Waals surface area contributed by atoms with Crippen LogP contribution in [0.5, 0.6) is 0 Å². The number of furan rings is 3. The molecule has 0 fully saturated rings. The molecule has 0 aliphatic carbocycles. The SMILES string of the molecule is c1ccc2cc(-c3nc(-c4cccc5oc6ccccc6c45)nc(-c4cccc5oc6c(-c7cccc8oc9cc%10ccccc%10cc9c78)cccc6c45)n3)ccc2c1. The average molecular weight is 756 g/mol. The summed E-state index contributed by atoms with van der Waals surface area (Å²) in [5.41, 5.74) is 9.48. The van der Waals surface area contributed by atoms with Gasteiger partial charge >= 0.3 is 0 Å². The smallest absolute Gasteiger partial charge is 0.164 e. The van der Waals surface area contributed by atoms with Crippen molar-refractivity contribution in [2.75, 3.05) is 0 Å². The number of hydrogen-bond donors (Lipinski definition) is 0. The second-order valence-electron chi connectivity index (χ2n) is 15.1. The summed E-state index contributed by atoms with van der Waals surface area (Å²) in [5, 5.41) is 10.6. The predicted octanol–water partition coefficient (Wildman–Crippen LogP) is 14.5. The van der Waals surface area contributed by atoms with Crippen LogP contribution >= 0.6 is 0 Å². The van der Waals surface area contributed by atoms with Crippen LogP contribution in [0.3, 0.4) is 0 Å². The van der Waals surface area contributed by atoms with E-state index in [9.17, 15) is 0 Å². The Morgan fingerprint density at radius 3 is 1.56 bits per heavy atom. The number of aromatic nitrogens is 3. The van der Waals surface area contributed by atoms with Gasteiger partial charge in [0.15, 0.2) is 17.5 Å². The first-order valence-corrected chi connectivity index (χ1v) is 19.7. The van der Waals surface area contributed by atoms with E-state index in [1.807, 2.05) is 48.5 Å². The van der Waals surface area contributed by atoms with Crippen molar-refractivity contribution in [1.29, 1.82) is 0 Å². The van der Waals surface area contributed by atoms with E-state index in [1.54, 1.807) is 0 Å². The molecule has 0 amide bonds. The molecule has 4 aromatic heterocycles. The molecule has 0 saturated carbocycles. The van der Waals surface area contributed by atoms with Gasteiger partial charge in [-0.3, -0.25) is 0 Å². The van der Waals surface area contributed by atoms with Gasteiger partial charge in [0.1, 0.15) is 33.5 Å². The minimum absolute atomic E-state index is 0.552. The van der Waals surface area contributed by atoms with Crippen LogP contribution in [0.2, 0.25) is 0 Å². The molecular formula is C53H29N3O3. The monoisotopic (exact) mass is 755 g/mol. The summed E-state index contributed by atoms with van der Waals surface area (Å²) in [6.45, 7) is 0. The van der Waals surface area contributed by atoms with Crippen molar-refractivity contribution in [3.63, 3.8) is 0 Å². The van der Waals surface area contributed by atoms with E-state index < -0.39 is 0 Å². The lowest BCUT2D eigenvalue weighted by atomic mass is 9.96. The summed E-state index contributed by atoms with van der Waals surface area (Å²) in [6, 6.07) is 60.3. The summed E-state index contributed by atoms with van der Waals surface area (Å²) in [6.07, 6.45) is 0. The molecule has 0 spiro atoms. The quantitative estimate of drug-likeness (QED) is 0.178. The van der Waals surface area contributed by atoms with Crippen molar-refractivity contribution >= 4 is 87.4 Å². The van der Waals surface area contributed by atoms with Crippen molar-refractivity contribution in [2.45, 2.75) is 0 Å². The highest BCUT2D eigenvalue weighted by molar-refractivity contribution is 6.20.